The largest absolute Gasteiger partial charge is 0.481 e. The zero-order valence-electron chi connectivity index (χ0n) is 7.78. The summed E-state index contributed by atoms with van der Waals surface area (Å²) in [5.74, 6) is -0.780. The van der Waals surface area contributed by atoms with Crippen molar-refractivity contribution in [2.75, 3.05) is 0 Å². The van der Waals surface area contributed by atoms with Gasteiger partial charge >= 0.3 is 5.97 Å². The van der Waals surface area contributed by atoms with Gasteiger partial charge in [-0.05, 0) is 30.5 Å². The van der Waals surface area contributed by atoms with Crippen molar-refractivity contribution >= 4 is 17.9 Å². The normalized spacial score (nSPS) is 24.6. The van der Waals surface area contributed by atoms with E-state index in [9.17, 15) is 4.79 Å². The fourth-order valence-corrected chi connectivity index (χ4v) is 2.74. The van der Waals surface area contributed by atoms with Crippen molar-refractivity contribution in [2.45, 2.75) is 23.8 Å². The van der Waals surface area contributed by atoms with Crippen molar-refractivity contribution in [1.82, 2.24) is 4.72 Å². The number of hydrogen-bond donors (Lipinski definition) is 2. The maximum atomic E-state index is 10.7. The van der Waals surface area contributed by atoms with E-state index in [0.717, 1.165) is 10.5 Å². The number of carboxylic acid groups (broad SMARTS) is 1. The molecule has 1 aromatic carbocycles. The summed E-state index contributed by atoms with van der Waals surface area (Å²) in [6.07, 6.45) is 0.108. The van der Waals surface area contributed by atoms with Gasteiger partial charge in [0.2, 0.25) is 0 Å². The summed E-state index contributed by atoms with van der Waals surface area (Å²) >= 11 is 1.50. The van der Waals surface area contributed by atoms with Gasteiger partial charge in [0, 0.05) is 4.90 Å². The van der Waals surface area contributed by atoms with Gasteiger partial charge in [-0.15, -0.1) is 0 Å². The van der Waals surface area contributed by atoms with Crippen molar-refractivity contribution in [2.24, 2.45) is 0 Å². The lowest BCUT2D eigenvalue weighted by molar-refractivity contribution is -0.138. The van der Waals surface area contributed by atoms with Crippen LogP contribution in [0.2, 0.25) is 0 Å². The molecule has 2 rings (SSSR count). The number of carboxylic acids is 1. The second-order valence-corrected chi connectivity index (χ2v) is 4.45. The minimum Gasteiger partial charge on any atom is -0.481 e. The average Bonchev–Trinajstić information content (AvgIpc) is 2.44. The van der Waals surface area contributed by atoms with Crippen molar-refractivity contribution in [1.29, 1.82) is 0 Å². The molecule has 3 nitrogen and oxygen atoms in total. The first-order valence-corrected chi connectivity index (χ1v) is 5.19. The van der Waals surface area contributed by atoms with Gasteiger partial charge < -0.3 is 5.11 Å². The van der Waals surface area contributed by atoms with E-state index in [0.29, 0.717) is 0 Å². The number of rotatable bonds is 2. The second kappa shape index (κ2) is 3.29. The Labute approximate surface area is 86.6 Å². The van der Waals surface area contributed by atoms with Crippen molar-refractivity contribution in [3.63, 3.8) is 0 Å². The van der Waals surface area contributed by atoms with E-state index in [1.807, 2.05) is 31.2 Å². The Morgan fingerprint density at radius 1 is 1.57 bits per heavy atom. The van der Waals surface area contributed by atoms with Crippen molar-refractivity contribution in [3.05, 3.63) is 29.8 Å². The monoisotopic (exact) mass is 209 g/mol. The van der Waals surface area contributed by atoms with Crippen LogP contribution < -0.4 is 4.72 Å². The van der Waals surface area contributed by atoms with Crippen LogP contribution in [0, 0.1) is 0 Å². The number of fused-ring (bicyclic) bond motifs is 1. The minimum absolute atomic E-state index is 0.108. The molecule has 1 aliphatic heterocycles. The number of aliphatic carboxylic acids is 1. The molecule has 0 aromatic heterocycles. The third kappa shape index (κ3) is 1.51. The highest BCUT2D eigenvalue weighted by atomic mass is 32.2. The van der Waals surface area contributed by atoms with Gasteiger partial charge in [-0.3, -0.25) is 4.79 Å². The fourth-order valence-electron chi connectivity index (χ4n) is 1.67. The molecule has 0 saturated carbocycles. The number of hydrogen-bond acceptors (Lipinski definition) is 3. The Morgan fingerprint density at radius 2 is 2.29 bits per heavy atom. The maximum absolute atomic E-state index is 10.7. The first kappa shape index (κ1) is 9.55. The zero-order chi connectivity index (χ0) is 10.2. The topological polar surface area (TPSA) is 49.3 Å². The molecule has 0 amide bonds. The number of benzene rings is 1. The van der Waals surface area contributed by atoms with E-state index in [-0.39, 0.29) is 6.42 Å². The first-order valence-electron chi connectivity index (χ1n) is 4.37. The lowest BCUT2D eigenvalue weighted by atomic mass is 9.90. The lowest BCUT2D eigenvalue weighted by Crippen LogP contribution is -2.33. The van der Waals surface area contributed by atoms with Gasteiger partial charge in [0.05, 0.1) is 12.0 Å². The second-order valence-electron chi connectivity index (χ2n) is 3.60. The molecule has 1 heterocycles. The van der Waals surface area contributed by atoms with E-state index in [2.05, 4.69) is 4.72 Å². The Kier molecular flexibility index (Phi) is 2.25. The smallest absolute Gasteiger partial charge is 0.305 e. The summed E-state index contributed by atoms with van der Waals surface area (Å²) in [6, 6.07) is 7.87. The van der Waals surface area contributed by atoms with Crippen LogP contribution in [0.15, 0.2) is 29.2 Å². The summed E-state index contributed by atoms with van der Waals surface area (Å²) in [5.41, 5.74) is 0.639. The number of nitrogens with one attached hydrogen (secondary N) is 1. The molecule has 1 aliphatic rings. The highest BCUT2D eigenvalue weighted by molar-refractivity contribution is 7.97. The molecule has 1 aromatic rings. The Hall–Kier alpha value is -1.00. The lowest BCUT2D eigenvalue weighted by Gasteiger charge is -2.22. The van der Waals surface area contributed by atoms with E-state index in [1.165, 1.54) is 11.9 Å². The summed E-state index contributed by atoms with van der Waals surface area (Å²) in [5, 5.41) is 8.82. The van der Waals surface area contributed by atoms with Gasteiger partial charge in [0.25, 0.3) is 0 Å². The van der Waals surface area contributed by atoms with Crippen LogP contribution in [0.4, 0.5) is 0 Å². The van der Waals surface area contributed by atoms with Crippen molar-refractivity contribution in [3.8, 4) is 0 Å². The quantitative estimate of drug-likeness (QED) is 0.731. The highest BCUT2D eigenvalue weighted by Crippen LogP contribution is 2.40. The molecule has 0 spiro atoms. The van der Waals surface area contributed by atoms with Crippen LogP contribution in [0.1, 0.15) is 18.9 Å². The first-order chi connectivity index (χ1) is 6.62. The van der Waals surface area contributed by atoms with Crippen LogP contribution in [0.5, 0.6) is 0 Å². The van der Waals surface area contributed by atoms with Crippen molar-refractivity contribution < 1.29 is 9.90 Å². The van der Waals surface area contributed by atoms with E-state index >= 15 is 0 Å². The molecule has 14 heavy (non-hydrogen) atoms. The van der Waals surface area contributed by atoms with Gasteiger partial charge in [-0.1, -0.05) is 18.2 Å². The molecule has 2 N–H and O–H groups in total. The van der Waals surface area contributed by atoms with Gasteiger partial charge in [-0.25, -0.2) is 4.72 Å². The maximum Gasteiger partial charge on any atom is 0.305 e. The molecule has 0 saturated heterocycles. The van der Waals surface area contributed by atoms with Gasteiger partial charge in [-0.2, -0.15) is 0 Å². The molecule has 74 valence electrons. The minimum atomic E-state index is -0.780. The molecular weight excluding hydrogens is 198 g/mol. The van der Waals surface area contributed by atoms with E-state index in [1.54, 1.807) is 0 Å². The average molecular weight is 209 g/mol. The highest BCUT2D eigenvalue weighted by Gasteiger charge is 2.36. The summed E-state index contributed by atoms with van der Waals surface area (Å²) in [7, 11) is 0. The molecule has 0 bridgehead atoms. The zero-order valence-corrected chi connectivity index (χ0v) is 8.60. The molecule has 4 heteroatoms. The van der Waals surface area contributed by atoms with Gasteiger partial charge in [0.1, 0.15) is 0 Å². The van der Waals surface area contributed by atoms with Crippen LogP contribution in [0.3, 0.4) is 0 Å². The standard InChI is InChI=1S/C10H11NO2S/c1-10(6-9(12)13)7-4-2-3-5-8(7)14-11-10/h2-5,11H,6H2,1H3,(H,12,13). The molecule has 0 fully saturated rings. The summed E-state index contributed by atoms with van der Waals surface area (Å²) in [6.45, 7) is 1.92. The van der Waals surface area contributed by atoms with Crippen LogP contribution in [-0.2, 0) is 10.3 Å². The molecular formula is C10H11NO2S. The van der Waals surface area contributed by atoms with Crippen LogP contribution in [0.25, 0.3) is 0 Å². The summed E-state index contributed by atoms with van der Waals surface area (Å²) < 4.78 is 3.17. The Balaban J connectivity index is 2.37. The van der Waals surface area contributed by atoms with E-state index < -0.39 is 11.5 Å². The SMILES string of the molecule is CC1(CC(=O)O)NSc2ccccc21. The van der Waals surface area contributed by atoms with E-state index in [4.69, 9.17) is 5.11 Å². The molecule has 0 radical (unpaired) electrons. The van der Waals surface area contributed by atoms with Crippen LogP contribution in [-0.4, -0.2) is 11.1 Å². The summed E-state index contributed by atoms with van der Waals surface area (Å²) in [4.78, 5) is 11.8. The molecule has 1 unspecified atom stereocenters. The predicted molar refractivity (Wildman–Crippen MR) is 55.0 cm³/mol. The van der Waals surface area contributed by atoms with Crippen LogP contribution >= 0.6 is 11.9 Å². The number of carbonyl (C=O) groups is 1. The predicted octanol–water partition coefficient (Wildman–Crippen LogP) is 1.99. The Bertz CT molecular complexity index is 380. The molecule has 0 aliphatic carbocycles. The third-order valence-electron chi connectivity index (χ3n) is 2.37. The molecule has 1 atom stereocenters. The Morgan fingerprint density at radius 3 is 3.00 bits per heavy atom. The fraction of sp³-hybridized carbons (Fsp3) is 0.300. The van der Waals surface area contributed by atoms with Gasteiger partial charge in [0.15, 0.2) is 0 Å². The third-order valence-corrected chi connectivity index (χ3v) is 3.50.